The molecule has 0 aliphatic rings. The number of H-pyrrole nitrogens is 2. The normalized spacial score (nSPS) is 10.9. The highest BCUT2D eigenvalue weighted by Crippen LogP contribution is 2.28. The summed E-state index contributed by atoms with van der Waals surface area (Å²) in [7, 11) is 1.59. The first-order valence-electron chi connectivity index (χ1n) is 7.62. The standard InChI is InChI=1S/C18H14N4O3/c1-25-13-9-7-12(8-10-13)22-16(11-5-3-2-4-6-11)14-15(21-22)18(24)20-19-17(14)23/h2-10H,1H3,(H,19,23)(H,20,24). The summed E-state index contributed by atoms with van der Waals surface area (Å²) in [5, 5.41) is 9.33. The van der Waals surface area contributed by atoms with Gasteiger partial charge in [-0.25, -0.2) is 4.68 Å². The summed E-state index contributed by atoms with van der Waals surface area (Å²) in [6.07, 6.45) is 0. The van der Waals surface area contributed by atoms with E-state index in [0.717, 1.165) is 11.3 Å². The number of aromatic nitrogens is 4. The lowest BCUT2D eigenvalue weighted by Gasteiger charge is -2.08. The van der Waals surface area contributed by atoms with Crippen LogP contribution in [-0.4, -0.2) is 27.1 Å². The second kappa shape index (κ2) is 5.79. The highest BCUT2D eigenvalue weighted by atomic mass is 16.5. The zero-order chi connectivity index (χ0) is 17.4. The number of hydrogen-bond donors (Lipinski definition) is 2. The van der Waals surface area contributed by atoms with E-state index in [4.69, 9.17) is 4.74 Å². The number of fused-ring (bicyclic) bond motifs is 1. The van der Waals surface area contributed by atoms with Gasteiger partial charge in [-0.1, -0.05) is 30.3 Å². The predicted octanol–water partition coefficient (Wildman–Crippen LogP) is 2.08. The van der Waals surface area contributed by atoms with Crippen molar-refractivity contribution in [2.45, 2.75) is 0 Å². The summed E-state index contributed by atoms with van der Waals surface area (Å²) in [6, 6.07) is 16.6. The molecular weight excluding hydrogens is 320 g/mol. The van der Waals surface area contributed by atoms with Crippen LogP contribution < -0.4 is 15.9 Å². The molecule has 2 heterocycles. The lowest BCUT2D eigenvalue weighted by atomic mass is 10.1. The molecule has 0 radical (unpaired) electrons. The number of ether oxygens (including phenoxy) is 1. The van der Waals surface area contributed by atoms with Crippen LogP contribution in [0, 0.1) is 0 Å². The van der Waals surface area contributed by atoms with Gasteiger partial charge >= 0.3 is 0 Å². The minimum Gasteiger partial charge on any atom is -0.497 e. The number of methoxy groups -OCH3 is 1. The number of nitrogens with zero attached hydrogens (tertiary/aromatic N) is 2. The Morgan fingerprint density at radius 2 is 1.60 bits per heavy atom. The van der Waals surface area contributed by atoms with Crippen molar-refractivity contribution in [3.05, 3.63) is 75.3 Å². The van der Waals surface area contributed by atoms with E-state index in [9.17, 15) is 9.59 Å². The van der Waals surface area contributed by atoms with Crippen molar-refractivity contribution >= 4 is 10.9 Å². The largest absolute Gasteiger partial charge is 0.497 e. The minimum absolute atomic E-state index is 0.0958. The molecule has 0 aliphatic carbocycles. The van der Waals surface area contributed by atoms with E-state index in [0.29, 0.717) is 11.4 Å². The van der Waals surface area contributed by atoms with Crippen LogP contribution in [0.1, 0.15) is 0 Å². The Balaban J connectivity index is 2.10. The molecule has 0 spiro atoms. The maximum absolute atomic E-state index is 12.4. The second-order valence-corrected chi connectivity index (χ2v) is 5.46. The van der Waals surface area contributed by atoms with Gasteiger partial charge in [-0.05, 0) is 24.3 Å². The summed E-state index contributed by atoms with van der Waals surface area (Å²) >= 11 is 0. The molecule has 2 N–H and O–H groups in total. The van der Waals surface area contributed by atoms with Crippen molar-refractivity contribution < 1.29 is 4.74 Å². The molecule has 124 valence electrons. The third-order valence-electron chi connectivity index (χ3n) is 3.98. The number of benzene rings is 2. The maximum Gasteiger partial charge on any atom is 0.291 e. The van der Waals surface area contributed by atoms with Crippen molar-refractivity contribution in [2.24, 2.45) is 0 Å². The molecule has 4 aromatic rings. The first-order valence-corrected chi connectivity index (χ1v) is 7.62. The lowest BCUT2D eigenvalue weighted by molar-refractivity contribution is 0.414. The van der Waals surface area contributed by atoms with Gasteiger partial charge in [-0.2, -0.15) is 5.10 Å². The SMILES string of the molecule is COc1ccc(-n2nc3c(=O)[nH][nH]c(=O)c3c2-c2ccccc2)cc1. The van der Waals surface area contributed by atoms with E-state index in [2.05, 4.69) is 15.3 Å². The molecule has 2 aromatic heterocycles. The van der Waals surface area contributed by atoms with Gasteiger partial charge in [0.25, 0.3) is 11.1 Å². The fourth-order valence-corrected chi connectivity index (χ4v) is 2.80. The van der Waals surface area contributed by atoms with Crippen molar-refractivity contribution in [2.75, 3.05) is 7.11 Å². The molecule has 0 saturated heterocycles. The molecule has 4 rings (SSSR count). The van der Waals surface area contributed by atoms with E-state index >= 15 is 0 Å². The first kappa shape index (κ1) is 14.9. The summed E-state index contributed by atoms with van der Waals surface area (Å²) in [5.74, 6) is 0.706. The monoisotopic (exact) mass is 334 g/mol. The second-order valence-electron chi connectivity index (χ2n) is 5.46. The molecule has 0 amide bonds. The maximum atomic E-state index is 12.4. The van der Waals surface area contributed by atoms with E-state index in [1.54, 1.807) is 23.9 Å². The number of nitrogens with one attached hydrogen (secondary N) is 2. The molecule has 0 saturated carbocycles. The van der Waals surface area contributed by atoms with Gasteiger partial charge in [-0.15, -0.1) is 0 Å². The van der Waals surface area contributed by atoms with Crippen molar-refractivity contribution in [1.82, 2.24) is 20.0 Å². The minimum atomic E-state index is -0.445. The predicted molar refractivity (Wildman–Crippen MR) is 94.3 cm³/mol. The van der Waals surface area contributed by atoms with Crippen LogP contribution in [0.25, 0.3) is 27.8 Å². The van der Waals surface area contributed by atoms with E-state index in [-0.39, 0.29) is 10.9 Å². The quantitative estimate of drug-likeness (QED) is 0.600. The molecule has 0 bridgehead atoms. The van der Waals surface area contributed by atoms with Crippen molar-refractivity contribution in [3.8, 4) is 22.7 Å². The first-order chi connectivity index (χ1) is 12.2. The third-order valence-corrected chi connectivity index (χ3v) is 3.98. The average Bonchev–Trinajstić information content (AvgIpc) is 3.07. The number of hydrogen-bond acceptors (Lipinski definition) is 4. The lowest BCUT2D eigenvalue weighted by Crippen LogP contribution is -2.18. The van der Waals surface area contributed by atoms with Crippen molar-refractivity contribution in [3.63, 3.8) is 0 Å². The van der Waals surface area contributed by atoms with E-state index < -0.39 is 11.1 Å². The van der Waals surface area contributed by atoms with Crippen LogP contribution in [0.15, 0.2) is 64.2 Å². The summed E-state index contributed by atoms with van der Waals surface area (Å²) in [6.45, 7) is 0. The van der Waals surface area contributed by atoms with E-state index in [1.807, 2.05) is 42.5 Å². The Labute approximate surface area is 141 Å². The summed E-state index contributed by atoms with van der Waals surface area (Å²) in [4.78, 5) is 24.5. The highest BCUT2D eigenvalue weighted by molar-refractivity contribution is 5.92. The van der Waals surface area contributed by atoms with Gasteiger partial charge in [0.15, 0.2) is 5.52 Å². The Bertz CT molecular complexity index is 1160. The number of rotatable bonds is 3. The fraction of sp³-hybridized carbons (Fsp3) is 0.0556. The van der Waals surface area contributed by atoms with Crippen LogP contribution >= 0.6 is 0 Å². The van der Waals surface area contributed by atoms with Gasteiger partial charge in [0.2, 0.25) is 0 Å². The molecule has 2 aromatic carbocycles. The molecule has 0 unspecified atom stereocenters. The van der Waals surface area contributed by atoms with Crippen molar-refractivity contribution in [1.29, 1.82) is 0 Å². The van der Waals surface area contributed by atoms with Crippen LogP contribution in [0.5, 0.6) is 5.75 Å². The van der Waals surface area contributed by atoms with Gasteiger partial charge in [0.1, 0.15) is 11.1 Å². The highest BCUT2D eigenvalue weighted by Gasteiger charge is 2.19. The van der Waals surface area contributed by atoms with Crippen LogP contribution in [-0.2, 0) is 0 Å². The van der Waals surface area contributed by atoms with E-state index in [1.165, 1.54) is 0 Å². The van der Waals surface area contributed by atoms with Crippen LogP contribution in [0.2, 0.25) is 0 Å². The molecular formula is C18H14N4O3. The Morgan fingerprint density at radius 1 is 0.920 bits per heavy atom. The molecule has 0 fully saturated rings. The Morgan fingerprint density at radius 3 is 2.28 bits per heavy atom. The third kappa shape index (κ3) is 2.42. The smallest absolute Gasteiger partial charge is 0.291 e. The molecule has 7 nitrogen and oxygen atoms in total. The van der Waals surface area contributed by atoms with Gasteiger partial charge < -0.3 is 4.74 Å². The average molecular weight is 334 g/mol. The topological polar surface area (TPSA) is 92.8 Å². The zero-order valence-corrected chi connectivity index (χ0v) is 13.3. The molecule has 7 heteroatoms. The van der Waals surface area contributed by atoms with Gasteiger partial charge in [-0.3, -0.25) is 19.8 Å². The Kier molecular flexibility index (Phi) is 3.46. The zero-order valence-electron chi connectivity index (χ0n) is 13.3. The fourth-order valence-electron chi connectivity index (χ4n) is 2.80. The van der Waals surface area contributed by atoms with Crippen LogP contribution in [0.3, 0.4) is 0 Å². The van der Waals surface area contributed by atoms with Crippen LogP contribution in [0.4, 0.5) is 0 Å². The summed E-state index contributed by atoms with van der Waals surface area (Å²) < 4.78 is 6.78. The summed E-state index contributed by atoms with van der Waals surface area (Å²) in [5.41, 5.74) is 1.32. The molecule has 0 aliphatic heterocycles. The number of aromatic amines is 2. The van der Waals surface area contributed by atoms with Gasteiger partial charge in [0, 0.05) is 5.56 Å². The molecule has 0 atom stereocenters. The Hall–Kier alpha value is -3.61. The van der Waals surface area contributed by atoms with Gasteiger partial charge in [0.05, 0.1) is 18.5 Å². The molecule has 25 heavy (non-hydrogen) atoms.